The SMILES string of the molecule is CC/N=C\c1c(C)cccc1C. The Bertz CT molecular complexity index is 267. The van der Waals surface area contributed by atoms with Crippen LogP contribution in [0.1, 0.15) is 23.6 Å². The van der Waals surface area contributed by atoms with Crippen LogP contribution < -0.4 is 0 Å². The van der Waals surface area contributed by atoms with E-state index in [0.717, 1.165) is 6.54 Å². The summed E-state index contributed by atoms with van der Waals surface area (Å²) >= 11 is 0. The molecule has 0 aromatic heterocycles. The first-order valence-electron chi connectivity index (χ1n) is 4.31. The molecule has 0 saturated heterocycles. The number of aryl methyl sites for hydroxylation is 2. The molecule has 1 aromatic rings. The van der Waals surface area contributed by atoms with Crippen molar-refractivity contribution in [3.05, 3.63) is 34.9 Å². The molecule has 12 heavy (non-hydrogen) atoms. The summed E-state index contributed by atoms with van der Waals surface area (Å²) in [6.45, 7) is 7.13. The Hall–Kier alpha value is -1.11. The quantitative estimate of drug-likeness (QED) is 0.591. The van der Waals surface area contributed by atoms with E-state index in [1.165, 1.54) is 16.7 Å². The van der Waals surface area contributed by atoms with Crippen molar-refractivity contribution in [3.63, 3.8) is 0 Å². The van der Waals surface area contributed by atoms with Gasteiger partial charge in [0.2, 0.25) is 0 Å². The predicted molar refractivity (Wildman–Crippen MR) is 54.1 cm³/mol. The molecule has 0 atom stereocenters. The van der Waals surface area contributed by atoms with Gasteiger partial charge in [0.05, 0.1) is 0 Å². The molecule has 0 radical (unpaired) electrons. The molecule has 1 nitrogen and oxygen atoms in total. The Kier molecular flexibility index (Phi) is 3.03. The fourth-order valence-electron chi connectivity index (χ4n) is 1.21. The first-order chi connectivity index (χ1) is 5.75. The molecule has 0 aliphatic heterocycles. The van der Waals surface area contributed by atoms with E-state index < -0.39 is 0 Å². The standard InChI is InChI=1S/C11H15N/c1-4-12-8-11-9(2)6-5-7-10(11)3/h5-8H,4H2,1-3H3/b12-8-. The van der Waals surface area contributed by atoms with Crippen molar-refractivity contribution in [2.45, 2.75) is 20.8 Å². The van der Waals surface area contributed by atoms with Crippen molar-refractivity contribution in [2.75, 3.05) is 6.54 Å². The second-order valence-corrected chi connectivity index (χ2v) is 2.93. The van der Waals surface area contributed by atoms with Gasteiger partial charge < -0.3 is 0 Å². The van der Waals surface area contributed by atoms with Gasteiger partial charge in [-0.2, -0.15) is 0 Å². The molecule has 0 heterocycles. The van der Waals surface area contributed by atoms with Gasteiger partial charge in [0.25, 0.3) is 0 Å². The molecular weight excluding hydrogens is 146 g/mol. The number of benzene rings is 1. The molecule has 1 heteroatoms. The third kappa shape index (κ3) is 1.94. The molecule has 0 spiro atoms. The highest BCUT2D eigenvalue weighted by atomic mass is 14.7. The highest BCUT2D eigenvalue weighted by Crippen LogP contribution is 2.10. The third-order valence-electron chi connectivity index (χ3n) is 1.95. The minimum absolute atomic E-state index is 0.855. The van der Waals surface area contributed by atoms with Crippen LogP contribution in [-0.4, -0.2) is 12.8 Å². The van der Waals surface area contributed by atoms with Crippen molar-refractivity contribution in [1.82, 2.24) is 0 Å². The van der Waals surface area contributed by atoms with Gasteiger partial charge >= 0.3 is 0 Å². The first kappa shape index (κ1) is 8.98. The molecule has 1 aromatic carbocycles. The topological polar surface area (TPSA) is 12.4 Å². The Morgan fingerprint density at radius 2 is 1.83 bits per heavy atom. The van der Waals surface area contributed by atoms with Gasteiger partial charge in [-0.15, -0.1) is 0 Å². The summed E-state index contributed by atoms with van der Waals surface area (Å²) in [4.78, 5) is 4.24. The monoisotopic (exact) mass is 161 g/mol. The van der Waals surface area contributed by atoms with Crippen molar-refractivity contribution in [3.8, 4) is 0 Å². The highest BCUT2D eigenvalue weighted by Gasteiger charge is 1.96. The van der Waals surface area contributed by atoms with Crippen LogP contribution in [0.3, 0.4) is 0 Å². The minimum atomic E-state index is 0.855. The molecule has 0 amide bonds. The molecule has 0 saturated carbocycles. The van der Waals surface area contributed by atoms with E-state index in [2.05, 4.69) is 37.0 Å². The Morgan fingerprint density at radius 1 is 1.25 bits per heavy atom. The van der Waals surface area contributed by atoms with Crippen LogP contribution in [0.15, 0.2) is 23.2 Å². The Labute approximate surface area is 74.2 Å². The summed E-state index contributed by atoms with van der Waals surface area (Å²) < 4.78 is 0. The minimum Gasteiger partial charge on any atom is -0.293 e. The van der Waals surface area contributed by atoms with Crippen molar-refractivity contribution in [1.29, 1.82) is 0 Å². The van der Waals surface area contributed by atoms with Crippen LogP contribution in [0.5, 0.6) is 0 Å². The van der Waals surface area contributed by atoms with Gasteiger partial charge in [0.15, 0.2) is 0 Å². The average molecular weight is 161 g/mol. The summed E-state index contributed by atoms with van der Waals surface area (Å²) in [6.07, 6.45) is 1.96. The summed E-state index contributed by atoms with van der Waals surface area (Å²) in [5.74, 6) is 0. The zero-order valence-corrected chi connectivity index (χ0v) is 7.96. The van der Waals surface area contributed by atoms with E-state index in [1.54, 1.807) is 0 Å². The second kappa shape index (κ2) is 4.05. The Balaban J connectivity index is 3.04. The van der Waals surface area contributed by atoms with E-state index in [-0.39, 0.29) is 0 Å². The fourth-order valence-corrected chi connectivity index (χ4v) is 1.21. The summed E-state index contributed by atoms with van der Waals surface area (Å²) in [7, 11) is 0. The van der Waals surface area contributed by atoms with E-state index >= 15 is 0 Å². The smallest absolute Gasteiger partial charge is 0.0361 e. The lowest BCUT2D eigenvalue weighted by atomic mass is 10.0. The number of hydrogen-bond donors (Lipinski definition) is 0. The van der Waals surface area contributed by atoms with Crippen molar-refractivity contribution < 1.29 is 0 Å². The van der Waals surface area contributed by atoms with E-state index in [1.807, 2.05) is 13.1 Å². The summed E-state index contributed by atoms with van der Waals surface area (Å²) in [5.41, 5.74) is 3.86. The number of hydrogen-bond acceptors (Lipinski definition) is 1. The highest BCUT2D eigenvalue weighted by molar-refractivity contribution is 5.83. The lowest BCUT2D eigenvalue weighted by Crippen LogP contribution is -1.91. The zero-order valence-electron chi connectivity index (χ0n) is 7.96. The second-order valence-electron chi connectivity index (χ2n) is 2.93. The third-order valence-corrected chi connectivity index (χ3v) is 1.95. The lowest BCUT2D eigenvalue weighted by molar-refractivity contribution is 1.14. The molecule has 64 valence electrons. The predicted octanol–water partition coefficient (Wildman–Crippen LogP) is 2.74. The first-order valence-corrected chi connectivity index (χ1v) is 4.31. The van der Waals surface area contributed by atoms with Gasteiger partial charge in [0, 0.05) is 12.8 Å². The number of aliphatic imine (C=N–C) groups is 1. The number of rotatable bonds is 2. The average Bonchev–Trinajstić information content (AvgIpc) is 2.04. The zero-order chi connectivity index (χ0) is 8.97. The molecular formula is C11H15N. The maximum absolute atomic E-state index is 4.24. The summed E-state index contributed by atoms with van der Waals surface area (Å²) in [5, 5.41) is 0. The van der Waals surface area contributed by atoms with E-state index in [4.69, 9.17) is 0 Å². The van der Waals surface area contributed by atoms with Crippen LogP contribution in [0.2, 0.25) is 0 Å². The number of nitrogens with zero attached hydrogens (tertiary/aromatic N) is 1. The molecule has 1 rings (SSSR count). The van der Waals surface area contributed by atoms with Gasteiger partial charge in [-0.05, 0) is 37.5 Å². The van der Waals surface area contributed by atoms with Crippen LogP contribution in [0.25, 0.3) is 0 Å². The van der Waals surface area contributed by atoms with Crippen LogP contribution >= 0.6 is 0 Å². The molecule has 0 aliphatic rings. The van der Waals surface area contributed by atoms with Crippen molar-refractivity contribution in [2.24, 2.45) is 4.99 Å². The van der Waals surface area contributed by atoms with Crippen molar-refractivity contribution >= 4 is 6.21 Å². The Morgan fingerprint density at radius 3 is 2.33 bits per heavy atom. The largest absolute Gasteiger partial charge is 0.293 e. The van der Waals surface area contributed by atoms with Gasteiger partial charge in [-0.3, -0.25) is 4.99 Å². The lowest BCUT2D eigenvalue weighted by Gasteiger charge is -2.02. The molecule has 0 aliphatic carbocycles. The van der Waals surface area contributed by atoms with Crippen LogP contribution in [0.4, 0.5) is 0 Å². The van der Waals surface area contributed by atoms with E-state index in [9.17, 15) is 0 Å². The molecule has 0 fully saturated rings. The van der Waals surface area contributed by atoms with Gasteiger partial charge in [-0.1, -0.05) is 18.2 Å². The van der Waals surface area contributed by atoms with Gasteiger partial charge in [-0.25, -0.2) is 0 Å². The van der Waals surface area contributed by atoms with E-state index in [0.29, 0.717) is 0 Å². The van der Waals surface area contributed by atoms with Crippen LogP contribution in [-0.2, 0) is 0 Å². The maximum Gasteiger partial charge on any atom is 0.0361 e. The summed E-state index contributed by atoms with van der Waals surface area (Å²) in [6, 6.07) is 6.31. The molecule has 0 N–H and O–H groups in total. The fraction of sp³-hybridized carbons (Fsp3) is 0.364. The molecule has 0 bridgehead atoms. The van der Waals surface area contributed by atoms with Gasteiger partial charge in [0.1, 0.15) is 0 Å². The molecule has 0 unspecified atom stereocenters. The maximum atomic E-state index is 4.24. The normalized spacial score (nSPS) is 10.9. The van der Waals surface area contributed by atoms with Crippen LogP contribution in [0, 0.1) is 13.8 Å².